The Labute approximate surface area is 205 Å². The van der Waals surface area contributed by atoms with Gasteiger partial charge in [0.2, 0.25) is 0 Å². The van der Waals surface area contributed by atoms with Crippen LogP contribution in [0, 0.1) is 27.7 Å². The third kappa shape index (κ3) is 6.80. The quantitative estimate of drug-likeness (QED) is 0.188. The van der Waals surface area contributed by atoms with Crippen molar-refractivity contribution in [3.8, 4) is 0 Å². The van der Waals surface area contributed by atoms with E-state index in [0.717, 1.165) is 22.7 Å². The van der Waals surface area contributed by atoms with Crippen molar-refractivity contribution in [1.82, 2.24) is 14.7 Å². The highest BCUT2D eigenvalue weighted by Gasteiger charge is 2.15. The molecular weight excluding hydrogens is 448 g/mol. The number of ether oxygens (including phenoxy) is 1. The second kappa shape index (κ2) is 11.8. The van der Waals surface area contributed by atoms with Crippen LogP contribution in [0.2, 0.25) is 0 Å². The van der Waals surface area contributed by atoms with Crippen LogP contribution in [0.4, 0.5) is 5.69 Å². The summed E-state index contributed by atoms with van der Waals surface area (Å²) in [5.74, 6) is -0.726. The molecule has 0 saturated heterocycles. The summed E-state index contributed by atoms with van der Waals surface area (Å²) >= 11 is 0. The molecular formula is C26H34N4O5. The Morgan fingerprint density at radius 1 is 1.14 bits per heavy atom. The number of nitrogens with one attached hydrogen (secondary N) is 2. The SMILES string of the molecule is Cc1cccc(C)c1CNc1cc(C(=O)NCCOC(=O)CCCC(O)O)cn2c(C)c(C)nc12. The van der Waals surface area contributed by atoms with Gasteiger partial charge in [-0.3, -0.25) is 9.59 Å². The summed E-state index contributed by atoms with van der Waals surface area (Å²) in [6.07, 6.45) is 0.862. The molecule has 188 valence electrons. The van der Waals surface area contributed by atoms with Gasteiger partial charge in [0.15, 0.2) is 11.9 Å². The number of aliphatic hydroxyl groups excluding tert-OH is 1. The summed E-state index contributed by atoms with van der Waals surface area (Å²) in [7, 11) is 0. The van der Waals surface area contributed by atoms with Gasteiger partial charge in [-0.15, -0.1) is 0 Å². The number of carbonyl (C=O) groups excluding carboxylic acids is 2. The van der Waals surface area contributed by atoms with Crippen LogP contribution in [0.25, 0.3) is 5.65 Å². The average Bonchev–Trinajstić information content (AvgIpc) is 3.09. The van der Waals surface area contributed by atoms with Crippen LogP contribution in [0.1, 0.15) is 57.7 Å². The van der Waals surface area contributed by atoms with E-state index in [1.165, 1.54) is 16.7 Å². The molecule has 9 nitrogen and oxygen atoms in total. The lowest BCUT2D eigenvalue weighted by Gasteiger charge is -2.14. The maximum Gasteiger partial charge on any atom is 0.305 e. The second-order valence-electron chi connectivity index (χ2n) is 8.69. The summed E-state index contributed by atoms with van der Waals surface area (Å²) in [4.78, 5) is 29.2. The van der Waals surface area contributed by atoms with E-state index in [4.69, 9.17) is 14.9 Å². The van der Waals surface area contributed by atoms with Crippen molar-refractivity contribution >= 4 is 23.2 Å². The fourth-order valence-electron chi connectivity index (χ4n) is 3.87. The number of rotatable bonds is 11. The third-order valence-corrected chi connectivity index (χ3v) is 6.05. The normalized spacial score (nSPS) is 11.2. The number of aliphatic hydroxyl groups is 2. The zero-order chi connectivity index (χ0) is 25.5. The molecule has 0 radical (unpaired) electrons. The van der Waals surface area contributed by atoms with Crippen molar-refractivity contribution in [2.75, 3.05) is 18.5 Å². The average molecular weight is 483 g/mol. The molecule has 2 aromatic heterocycles. The number of aryl methyl sites for hydroxylation is 4. The molecule has 0 aliphatic rings. The number of pyridine rings is 1. The number of fused-ring (bicyclic) bond motifs is 1. The molecule has 35 heavy (non-hydrogen) atoms. The van der Waals surface area contributed by atoms with Crippen molar-refractivity contribution in [3.63, 3.8) is 0 Å². The van der Waals surface area contributed by atoms with Gasteiger partial charge in [-0.25, -0.2) is 4.98 Å². The first-order valence-electron chi connectivity index (χ1n) is 11.8. The maximum absolute atomic E-state index is 12.9. The molecule has 0 spiro atoms. The Morgan fingerprint density at radius 3 is 2.54 bits per heavy atom. The van der Waals surface area contributed by atoms with E-state index >= 15 is 0 Å². The van der Waals surface area contributed by atoms with Gasteiger partial charge in [-0.1, -0.05) is 18.2 Å². The Morgan fingerprint density at radius 2 is 1.86 bits per heavy atom. The van der Waals surface area contributed by atoms with Crippen LogP contribution in [0.15, 0.2) is 30.5 Å². The van der Waals surface area contributed by atoms with Crippen LogP contribution >= 0.6 is 0 Å². The maximum atomic E-state index is 12.9. The molecule has 9 heteroatoms. The van der Waals surface area contributed by atoms with Crippen molar-refractivity contribution in [1.29, 1.82) is 0 Å². The lowest BCUT2D eigenvalue weighted by molar-refractivity contribution is -0.143. The molecule has 0 unspecified atom stereocenters. The predicted octanol–water partition coefficient (Wildman–Crippen LogP) is 2.93. The number of nitrogens with zero attached hydrogens (tertiary/aromatic N) is 2. The minimum Gasteiger partial charge on any atom is -0.464 e. The zero-order valence-electron chi connectivity index (χ0n) is 20.7. The molecule has 0 bridgehead atoms. The first kappa shape index (κ1) is 26.2. The Balaban J connectivity index is 1.67. The second-order valence-corrected chi connectivity index (χ2v) is 8.69. The Hall–Kier alpha value is -3.43. The molecule has 0 aliphatic carbocycles. The Kier molecular flexibility index (Phi) is 8.84. The molecule has 1 amide bonds. The van der Waals surface area contributed by atoms with E-state index in [9.17, 15) is 9.59 Å². The lowest BCUT2D eigenvalue weighted by Crippen LogP contribution is -2.28. The van der Waals surface area contributed by atoms with E-state index in [0.29, 0.717) is 18.5 Å². The molecule has 3 aromatic rings. The van der Waals surface area contributed by atoms with E-state index in [2.05, 4.69) is 41.6 Å². The summed E-state index contributed by atoms with van der Waals surface area (Å²) in [6, 6.07) is 7.98. The van der Waals surface area contributed by atoms with Gasteiger partial charge in [0.05, 0.1) is 23.5 Å². The highest BCUT2D eigenvalue weighted by Crippen LogP contribution is 2.24. The third-order valence-electron chi connectivity index (χ3n) is 6.05. The fraction of sp³-hybridized carbons (Fsp3) is 0.423. The molecule has 0 saturated carbocycles. The van der Waals surface area contributed by atoms with Crippen molar-refractivity contribution in [2.24, 2.45) is 0 Å². The summed E-state index contributed by atoms with van der Waals surface area (Å²) in [6.45, 7) is 8.86. The number of anilines is 1. The topological polar surface area (TPSA) is 125 Å². The van der Waals surface area contributed by atoms with E-state index in [1.54, 1.807) is 12.3 Å². The van der Waals surface area contributed by atoms with Gasteiger partial charge < -0.3 is 30.0 Å². The molecule has 0 fully saturated rings. The van der Waals surface area contributed by atoms with Gasteiger partial charge >= 0.3 is 5.97 Å². The van der Waals surface area contributed by atoms with Crippen LogP contribution in [0.3, 0.4) is 0 Å². The molecule has 4 N–H and O–H groups in total. The molecule has 3 rings (SSSR count). The van der Waals surface area contributed by atoms with Crippen LogP contribution in [-0.4, -0.2) is 50.9 Å². The summed E-state index contributed by atoms with van der Waals surface area (Å²) in [5, 5.41) is 23.9. The highest BCUT2D eigenvalue weighted by molar-refractivity contribution is 5.96. The molecule has 1 aromatic carbocycles. The van der Waals surface area contributed by atoms with Crippen molar-refractivity contribution in [3.05, 3.63) is 64.1 Å². The highest BCUT2D eigenvalue weighted by atomic mass is 16.5. The van der Waals surface area contributed by atoms with Gasteiger partial charge in [-0.05, 0) is 63.3 Å². The van der Waals surface area contributed by atoms with Crippen LogP contribution in [-0.2, 0) is 16.1 Å². The van der Waals surface area contributed by atoms with Crippen LogP contribution in [0.5, 0.6) is 0 Å². The van der Waals surface area contributed by atoms with Gasteiger partial charge in [0.1, 0.15) is 6.61 Å². The first-order valence-corrected chi connectivity index (χ1v) is 11.8. The number of esters is 1. The zero-order valence-corrected chi connectivity index (χ0v) is 20.7. The molecule has 0 atom stereocenters. The number of benzene rings is 1. The van der Waals surface area contributed by atoms with Crippen molar-refractivity contribution in [2.45, 2.75) is 59.8 Å². The number of hydrogen-bond acceptors (Lipinski definition) is 7. The van der Waals surface area contributed by atoms with Gasteiger partial charge in [0.25, 0.3) is 5.91 Å². The monoisotopic (exact) mass is 482 g/mol. The first-order chi connectivity index (χ1) is 16.7. The lowest BCUT2D eigenvalue weighted by atomic mass is 10.0. The van der Waals surface area contributed by atoms with E-state index < -0.39 is 12.3 Å². The smallest absolute Gasteiger partial charge is 0.305 e. The number of carbonyl (C=O) groups is 2. The van der Waals surface area contributed by atoms with E-state index in [-0.39, 0.29) is 31.9 Å². The fourth-order valence-corrected chi connectivity index (χ4v) is 3.87. The minimum atomic E-state index is -1.43. The number of amides is 1. The molecule has 2 heterocycles. The number of hydrogen-bond donors (Lipinski definition) is 4. The summed E-state index contributed by atoms with van der Waals surface area (Å²) in [5.41, 5.74) is 7.41. The number of imidazole rings is 1. The largest absolute Gasteiger partial charge is 0.464 e. The van der Waals surface area contributed by atoms with E-state index in [1.807, 2.05) is 24.3 Å². The Bertz CT molecular complexity index is 1180. The molecule has 0 aliphatic heterocycles. The minimum absolute atomic E-state index is 0.0371. The van der Waals surface area contributed by atoms with Gasteiger partial charge in [-0.2, -0.15) is 0 Å². The van der Waals surface area contributed by atoms with Crippen molar-refractivity contribution < 1.29 is 24.5 Å². The predicted molar refractivity (Wildman–Crippen MR) is 133 cm³/mol. The van der Waals surface area contributed by atoms with Gasteiger partial charge in [0, 0.05) is 24.9 Å². The number of aromatic nitrogens is 2. The summed E-state index contributed by atoms with van der Waals surface area (Å²) < 4.78 is 7.00. The standard InChI is InChI=1S/C26H34N4O5/c1-16-7-5-8-17(2)21(16)14-28-22-13-20(15-30-19(4)18(3)29-25(22)30)26(34)27-11-12-35-24(33)10-6-9-23(31)32/h5,7-8,13,15,23,28,31-32H,6,9-12,14H2,1-4H3,(H,27,34). The van der Waals surface area contributed by atoms with Crippen LogP contribution < -0.4 is 10.6 Å².